The topological polar surface area (TPSA) is 32.7 Å². The summed E-state index contributed by atoms with van der Waals surface area (Å²) in [6, 6.07) is 19.0. The Kier molecular flexibility index (Phi) is 6.44. The van der Waals surface area contributed by atoms with Crippen LogP contribution in [0.2, 0.25) is 0 Å². The molecule has 0 aromatic heterocycles. The van der Waals surface area contributed by atoms with Crippen molar-refractivity contribution in [3.05, 3.63) is 65.7 Å². The highest BCUT2D eigenvalue weighted by Crippen LogP contribution is 2.24. The highest BCUT2D eigenvalue weighted by Gasteiger charge is 2.16. The van der Waals surface area contributed by atoms with E-state index in [0.29, 0.717) is 0 Å². The molecule has 0 amide bonds. The van der Waals surface area contributed by atoms with Crippen LogP contribution in [0, 0.1) is 0 Å². The van der Waals surface area contributed by atoms with Crippen molar-refractivity contribution in [2.45, 2.75) is 25.9 Å². The second-order valence-corrected chi connectivity index (χ2v) is 5.48. The molecule has 1 atom stereocenters. The number of ether oxygens (including phenoxy) is 1. The first-order valence-electron chi connectivity index (χ1n) is 7.77. The van der Waals surface area contributed by atoms with Crippen molar-refractivity contribution in [1.29, 1.82) is 0 Å². The zero-order chi connectivity index (χ0) is 15.8. The van der Waals surface area contributed by atoms with Gasteiger partial charge in [0.25, 0.3) is 0 Å². The van der Waals surface area contributed by atoms with Gasteiger partial charge in [0.15, 0.2) is 0 Å². The Morgan fingerprint density at radius 2 is 1.73 bits per heavy atom. The van der Waals surface area contributed by atoms with Gasteiger partial charge in [-0.1, -0.05) is 42.5 Å². The second kappa shape index (κ2) is 8.57. The summed E-state index contributed by atoms with van der Waals surface area (Å²) in [4.78, 5) is 2.40. The molecule has 118 valence electrons. The van der Waals surface area contributed by atoms with Gasteiger partial charge in [-0.3, -0.25) is 4.90 Å². The summed E-state index contributed by atoms with van der Waals surface area (Å²) in [5.41, 5.74) is 2.55. The minimum atomic E-state index is 0.223. The zero-order valence-corrected chi connectivity index (χ0v) is 13.4. The predicted octanol–water partition coefficient (Wildman–Crippen LogP) is 3.64. The Hall–Kier alpha value is -1.84. The van der Waals surface area contributed by atoms with Crippen molar-refractivity contribution >= 4 is 0 Å². The van der Waals surface area contributed by atoms with Crippen LogP contribution in [0.5, 0.6) is 5.75 Å². The molecule has 0 aliphatic carbocycles. The summed E-state index contributed by atoms with van der Waals surface area (Å²) in [5, 5.41) is 9.16. The number of methoxy groups -OCH3 is 1. The molecule has 2 aromatic carbocycles. The Morgan fingerprint density at radius 1 is 1.05 bits per heavy atom. The minimum absolute atomic E-state index is 0.223. The van der Waals surface area contributed by atoms with Crippen LogP contribution in [0.4, 0.5) is 0 Å². The Bertz CT molecular complexity index is 539. The average Bonchev–Trinajstić information content (AvgIpc) is 2.59. The Morgan fingerprint density at radius 3 is 2.32 bits per heavy atom. The molecule has 0 fully saturated rings. The highest BCUT2D eigenvalue weighted by molar-refractivity contribution is 5.29. The first-order chi connectivity index (χ1) is 10.7. The Balaban J connectivity index is 2.12. The minimum Gasteiger partial charge on any atom is -0.497 e. The third kappa shape index (κ3) is 4.58. The van der Waals surface area contributed by atoms with E-state index < -0.39 is 0 Å². The van der Waals surface area contributed by atoms with Crippen molar-refractivity contribution in [2.75, 3.05) is 20.3 Å². The van der Waals surface area contributed by atoms with Crippen LogP contribution >= 0.6 is 0 Å². The molecule has 0 radical (unpaired) electrons. The van der Waals surface area contributed by atoms with Crippen molar-refractivity contribution in [3.63, 3.8) is 0 Å². The van der Waals surface area contributed by atoms with E-state index in [2.05, 4.69) is 48.2 Å². The lowest BCUT2D eigenvalue weighted by molar-refractivity contribution is 0.176. The molecular formula is C19H25NO2. The third-order valence-corrected chi connectivity index (χ3v) is 3.98. The van der Waals surface area contributed by atoms with Crippen LogP contribution in [-0.2, 0) is 6.54 Å². The van der Waals surface area contributed by atoms with E-state index in [-0.39, 0.29) is 12.6 Å². The monoisotopic (exact) mass is 299 g/mol. The van der Waals surface area contributed by atoms with Crippen LogP contribution in [0.1, 0.15) is 30.5 Å². The number of rotatable bonds is 8. The maximum atomic E-state index is 9.16. The quantitative estimate of drug-likeness (QED) is 0.808. The molecule has 1 N–H and O–H groups in total. The molecule has 3 nitrogen and oxygen atoms in total. The molecule has 0 heterocycles. The standard InChI is InChI=1S/C19H25NO2/c1-16(18-9-11-19(22-2)12-10-18)20(13-6-14-21)15-17-7-4-3-5-8-17/h3-5,7-12,16,21H,6,13-15H2,1-2H3. The summed E-state index contributed by atoms with van der Waals surface area (Å²) in [6.45, 7) is 4.19. The molecule has 0 bridgehead atoms. The number of hydrogen-bond acceptors (Lipinski definition) is 3. The van der Waals surface area contributed by atoms with Gasteiger partial charge in [0.2, 0.25) is 0 Å². The van der Waals surface area contributed by atoms with Crippen LogP contribution in [0.25, 0.3) is 0 Å². The fraction of sp³-hybridized carbons (Fsp3) is 0.368. The van der Waals surface area contributed by atoms with E-state index in [0.717, 1.165) is 25.3 Å². The van der Waals surface area contributed by atoms with Gasteiger partial charge in [-0.05, 0) is 36.6 Å². The van der Waals surface area contributed by atoms with E-state index in [1.54, 1.807) is 7.11 Å². The van der Waals surface area contributed by atoms with Crippen LogP contribution in [0.3, 0.4) is 0 Å². The second-order valence-electron chi connectivity index (χ2n) is 5.48. The van der Waals surface area contributed by atoms with Gasteiger partial charge in [0.1, 0.15) is 5.75 Å². The van der Waals surface area contributed by atoms with Crippen LogP contribution in [0.15, 0.2) is 54.6 Å². The molecule has 2 aromatic rings. The number of aliphatic hydroxyl groups excluding tert-OH is 1. The molecule has 22 heavy (non-hydrogen) atoms. The number of benzene rings is 2. The lowest BCUT2D eigenvalue weighted by atomic mass is 10.1. The van der Waals surface area contributed by atoms with Crippen molar-refractivity contribution in [3.8, 4) is 5.75 Å². The van der Waals surface area contributed by atoms with E-state index in [9.17, 15) is 0 Å². The molecule has 0 saturated carbocycles. The highest BCUT2D eigenvalue weighted by atomic mass is 16.5. The zero-order valence-electron chi connectivity index (χ0n) is 13.4. The fourth-order valence-electron chi connectivity index (χ4n) is 2.59. The predicted molar refractivity (Wildman–Crippen MR) is 90.0 cm³/mol. The van der Waals surface area contributed by atoms with E-state index in [1.807, 2.05) is 18.2 Å². The third-order valence-electron chi connectivity index (χ3n) is 3.98. The van der Waals surface area contributed by atoms with E-state index in [1.165, 1.54) is 11.1 Å². The molecule has 1 unspecified atom stereocenters. The van der Waals surface area contributed by atoms with Crippen LogP contribution < -0.4 is 4.74 Å². The van der Waals surface area contributed by atoms with E-state index in [4.69, 9.17) is 9.84 Å². The van der Waals surface area contributed by atoms with Gasteiger partial charge in [-0.25, -0.2) is 0 Å². The average molecular weight is 299 g/mol. The van der Waals surface area contributed by atoms with Crippen molar-refractivity contribution in [2.24, 2.45) is 0 Å². The first kappa shape index (κ1) is 16.5. The van der Waals surface area contributed by atoms with Gasteiger partial charge in [0.05, 0.1) is 7.11 Å². The van der Waals surface area contributed by atoms with Gasteiger partial charge in [0, 0.05) is 25.7 Å². The first-order valence-corrected chi connectivity index (χ1v) is 7.77. The van der Waals surface area contributed by atoms with Gasteiger partial charge < -0.3 is 9.84 Å². The van der Waals surface area contributed by atoms with Crippen LogP contribution in [-0.4, -0.2) is 30.3 Å². The van der Waals surface area contributed by atoms with Gasteiger partial charge in [-0.2, -0.15) is 0 Å². The summed E-state index contributed by atoms with van der Waals surface area (Å²) >= 11 is 0. The maximum Gasteiger partial charge on any atom is 0.118 e. The summed E-state index contributed by atoms with van der Waals surface area (Å²) in [5.74, 6) is 0.876. The van der Waals surface area contributed by atoms with Gasteiger partial charge in [-0.15, -0.1) is 0 Å². The van der Waals surface area contributed by atoms with Gasteiger partial charge >= 0.3 is 0 Å². The lowest BCUT2D eigenvalue weighted by Gasteiger charge is -2.29. The molecule has 3 heteroatoms. The normalized spacial score (nSPS) is 12.4. The Labute approximate surface area is 133 Å². The summed E-state index contributed by atoms with van der Waals surface area (Å²) < 4.78 is 5.22. The molecular weight excluding hydrogens is 274 g/mol. The molecule has 0 aliphatic rings. The largest absolute Gasteiger partial charge is 0.497 e. The van der Waals surface area contributed by atoms with Crippen molar-refractivity contribution in [1.82, 2.24) is 4.90 Å². The molecule has 0 saturated heterocycles. The number of nitrogens with zero attached hydrogens (tertiary/aromatic N) is 1. The number of aliphatic hydroxyl groups is 1. The SMILES string of the molecule is COc1ccc(C(C)N(CCCO)Cc2ccccc2)cc1. The van der Waals surface area contributed by atoms with E-state index >= 15 is 0 Å². The lowest BCUT2D eigenvalue weighted by Crippen LogP contribution is -2.28. The summed E-state index contributed by atoms with van der Waals surface area (Å²) in [7, 11) is 1.68. The molecule has 2 rings (SSSR count). The maximum absolute atomic E-state index is 9.16. The van der Waals surface area contributed by atoms with Crippen molar-refractivity contribution < 1.29 is 9.84 Å². The molecule has 0 spiro atoms. The fourth-order valence-corrected chi connectivity index (χ4v) is 2.59. The molecule has 0 aliphatic heterocycles. The summed E-state index contributed by atoms with van der Waals surface area (Å²) in [6.07, 6.45) is 0.785. The smallest absolute Gasteiger partial charge is 0.118 e. The number of hydrogen-bond donors (Lipinski definition) is 1.